The summed E-state index contributed by atoms with van der Waals surface area (Å²) in [5.74, 6) is -0.389. The van der Waals surface area contributed by atoms with Crippen molar-refractivity contribution < 1.29 is 22.7 Å². The van der Waals surface area contributed by atoms with Gasteiger partial charge in [-0.05, 0) is 90.3 Å². The summed E-state index contributed by atoms with van der Waals surface area (Å²) in [7, 11) is -2.76. The van der Waals surface area contributed by atoms with E-state index in [4.69, 9.17) is 4.74 Å². The van der Waals surface area contributed by atoms with Crippen LogP contribution in [0, 0.1) is 6.92 Å². The lowest BCUT2D eigenvalue weighted by atomic mass is 10.0. The van der Waals surface area contributed by atoms with E-state index in [1.54, 1.807) is 30.3 Å². The third-order valence-corrected chi connectivity index (χ3v) is 10.1. The van der Waals surface area contributed by atoms with Crippen LogP contribution in [0.1, 0.15) is 30.5 Å². The van der Waals surface area contributed by atoms with Crippen molar-refractivity contribution in [3.63, 3.8) is 0 Å². The van der Waals surface area contributed by atoms with Gasteiger partial charge in [0.2, 0.25) is 11.8 Å². The largest absolute Gasteiger partial charge is 0.496 e. The lowest BCUT2D eigenvalue weighted by Crippen LogP contribution is -2.54. The molecule has 0 fully saturated rings. The second-order valence-electron chi connectivity index (χ2n) is 11.2. The Morgan fingerprint density at radius 1 is 0.870 bits per heavy atom. The summed E-state index contributed by atoms with van der Waals surface area (Å²) < 4.78 is 36.2. The molecule has 4 rings (SSSR count). The summed E-state index contributed by atoms with van der Waals surface area (Å²) in [5, 5.41) is 2.97. The molecule has 11 heteroatoms. The fourth-order valence-corrected chi connectivity index (χ4v) is 7.52. The highest BCUT2D eigenvalue weighted by Gasteiger charge is 2.35. The quantitative estimate of drug-likeness (QED) is 0.160. The molecule has 8 nitrogen and oxygen atoms in total. The van der Waals surface area contributed by atoms with E-state index in [1.807, 2.05) is 75.4 Å². The van der Waals surface area contributed by atoms with Crippen LogP contribution in [0.25, 0.3) is 0 Å². The molecule has 0 aliphatic heterocycles. The molecule has 2 amide bonds. The molecule has 0 spiro atoms. The van der Waals surface area contributed by atoms with Crippen LogP contribution in [0.4, 0.5) is 5.69 Å². The van der Waals surface area contributed by atoms with E-state index >= 15 is 0 Å². The van der Waals surface area contributed by atoms with E-state index < -0.39 is 28.5 Å². The number of nitrogens with zero attached hydrogens (tertiary/aromatic N) is 2. The lowest BCUT2D eigenvalue weighted by Gasteiger charge is -2.34. The predicted molar refractivity (Wildman–Crippen MR) is 188 cm³/mol. The number of carbonyl (C=O) groups is 2. The van der Waals surface area contributed by atoms with Crippen LogP contribution in [0.15, 0.2) is 111 Å². The summed E-state index contributed by atoms with van der Waals surface area (Å²) >= 11 is 6.89. The molecule has 4 aromatic carbocycles. The zero-order valence-electron chi connectivity index (χ0n) is 26.1. The van der Waals surface area contributed by atoms with Crippen molar-refractivity contribution in [2.45, 2.75) is 50.7 Å². The van der Waals surface area contributed by atoms with Gasteiger partial charge in [-0.1, -0.05) is 76.1 Å². The van der Waals surface area contributed by atoms with E-state index in [9.17, 15) is 18.0 Å². The van der Waals surface area contributed by atoms with Gasteiger partial charge in [-0.15, -0.1) is 0 Å². The predicted octanol–water partition coefficient (Wildman–Crippen LogP) is 6.89. The number of aryl methyl sites for hydroxylation is 1. The number of rotatable bonds is 13. The fourth-order valence-electron chi connectivity index (χ4n) is 4.94. The van der Waals surface area contributed by atoms with E-state index in [2.05, 4.69) is 37.2 Å². The standard InChI is InChI=1S/C35H37Br2N3O5S/c1-24(2)38-35(42)32(20-26-9-6-5-7-10-26)39(22-27-11-8-12-28(36)19-27)34(41)23-40(29-15-13-25(3)14-16-29)46(43,44)30-17-18-33(45-4)31(37)21-30/h5-19,21,24,32H,20,22-23H2,1-4H3,(H,38,42)/t32-/m0/s1. The first-order valence-corrected chi connectivity index (χ1v) is 17.7. The lowest BCUT2D eigenvalue weighted by molar-refractivity contribution is -0.140. The molecular formula is C35H37Br2N3O5S. The molecule has 0 aliphatic rings. The van der Waals surface area contributed by atoms with Crippen LogP contribution in [0.2, 0.25) is 0 Å². The number of anilines is 1. The minimum atomic E-state index is -4.25. The maximum Gasteiger partial charge on any atom is 0.264 e. The minimum Gasteiger partial charge on any atom is -0.496 e. The Hall–Kier alpha value is -3.67. The zero-order chi connectivity index (χ0) is 33.4. The summed E-state index contributed by atoms with van der Waals surface area (Å²) in [6.07, 6.45) is 0.238. The Bertz CT molecular complexity index is 1770. The second kappa shape index (κ2) is 15.8. The molecule has 0 heterocycles. The van der Waals surface area contributed by atoms with Gasteiger partial charge < -0.3 is 15.0 Å². The molecule has 0 saturated heterocycles. The summed E-state index contributed by atoms with van der Waals surface area (Å²) in [4.78, 5) is 29.8. The van der Waals surface area contributed by atoms with Crippen LogP contribution >= 0.6 is 31.9 Å². The number of halogens is 2. The van der Waals surface area contributed by atoms with Crippen LogP contribution in [-0.2, 0) is 32.6 Å². The zero-order valence-corrected chi connectivity index (χ0v) is 30.1. The molecule has 1 N–H and O–H groups in total. The van der Waals surface area contributed by atoms with E-state index in [0.717, 1.165) is 25.5 Å². The van der Waals surface area contributed by atoms with Gasteiger partial charge in [-0.3, -0.25) is 13.9 Å². The summed E-state index contributed by atoms with van der Waals surface area (Å²) in [5.41, 5.74) is 2.90. The van der Waals surface area contributed by atoms with Crippen LogP contribution in [-0.4, -0.2) is 50.9 Å². The first-order valence-electron chi connectivity index (χ1n) is 14.7. The Kier molecular flexibility index (Phi) is 12.0. The van der Waals surface area contributed by atoms with Crippen molar-refractivity contribution in [1.82, 2.24) is 10.2 Å². The topological polar surface area (TPSA) is 96.0 Å². The molecule has 0 bridgehead atoms. The van der Waals surface area contributed by atoms with E-state index in [-0.39, 0.29) is 29.8 Å². The number of hydrogen-bond acceptors (Lipinski definition) is 5. The molecule has 0 aliphatic carbocycles. The number of nitrogens with one attached hydrogen (secondary N) is 1. The van der Waals surface area contributed by atoms with Crippen LogP contribution in [0.5, 0.6) is 5.75 Å². The number of sulfonamides is 1. The van der Waals surface area contributed by atoms with Gasteiger partial charge in [0.15, 0.2) is 0 Å². The molecule has 242 valence electrons. The van der Waals surface area contributed by atoms with Crippen LogP contribution in [0.3, 0.4) is 0 Å². The molecule has 0 aromatic heterocycles. The fraction of sp³-hybridized carbons (Fsp3) is 0.257. The number of methoxy groups -OCH3 is 1. The first-order chi connectivity index (χ1) is 21.9. The average molecular weight is 772 g/mol. The maximum atomic E-state index is 14.5. The summed E-state index contributed by atoms with van der Waals surface area (Å²) in [6, 6.07) is 27.2. The molecule has 0 saturated carbocycles. The van der Waals surface area contributed by atoms with Gasteiger partial charge in [0.1, 0.15) is 18.3 Å². The second-order valence-corrected chi connectivity index (χ2v) is 14.8. The molecule has 1 atom stereocenters. The van der Waals surface area contributed by atoms with Gasteiger partial charge in [0, 0.05) is 23.5 Å². The smallest absolute Gasteiger partial charge is 0.264 e. The highest BCUT2D eigenvalue weighted by Crippen LogP contribution is 2.31. The average Bonchev–Trinajstić information content (AvgIpc) is 3.02. The third kappa shape index (κ3) is 8.98. The van der Waals surface area contributed by atoms with Crippen LogP contribution < -0.4 is 14.4 Å². The molecule has 46 heavy (non-hydrogen) atoms. The highest BCUT2D eigenvalue weighted by atomic mass is 79.9. The first kappa shape index (κ1) is 35.2. The Morgan fingerprint density at radius 3 is 2.15 bits per heavy atom. The van der Waals surface area contributed by atoms with Crippen molar-refractivity contribution in [2.24, 2.45) is 0 Å². The van der Waals surface area contributed by atoms with Gasteiger partial charge in [0.25, 0.3) is 10.0 Å². The van der Waals surface area contributed by atoms with Crippen molar-refractivity contribution in [2.75, 3.05) is 18.0 Å². The Morgan fingerprint density at radius 2 is 1.54 bits per heavy atom. The van der Waals surface area contributed by atoms with Crippen molar-refractivity contribution in [1.29, 1.82) is 0 Å². The number of carbonyl (C=O) groups excluding carboxylic acids is 2. The molecular weight excluding hydrogens is 734 g/mol. The maximum absolute atomic E-state index is 14.5. The number of hydrogen-bond donors (Lipinski definition) is 1. The Labute approximate surface area is 288 Å². The van der Waals surface area contributed by atoms with E-state index in [1.165, 1.54) is 24.1 Å². The normalized spacial score (nSPS) is 12.0. The minimum absolute atomic E-state index is 0.0227. The molecule has 4 aromatic rings. The van der Waals surface area contributed by atoms with Crippen molar-refractivity contribution in [3.05, 3.63) is 123 Å². The molecule has 0 radical (unpaired) electrons. The monoisotopic (exact) mass is 769 g/mol. The van der Waals surface area contributed by atoms with Gasteiger partial charge in [-0.2, -0.15) is 0 Å². The number of ether oxygens (including phenoxy) is 1. The van der Waals surface area contributed by atoms with Gasteiger partial charge in [-0.25, -0.2) is 8.42 Å². The summed E-state index contributed by atoms with van der Waals surface area (Å²) in [6.45, 7) is 5.16. The third-order valence-electron chi connectivity index (χ3n) is 7.26. The number of amides is 2. The Balaban J connectivity index is 1.82. The van der Waals surface area contributed by atoms with Crippen molar-refractivity contribution >= 4 is 59.4 Å². The van der Waals surface area contributed by atoms with Gasteiger partial charge in [0.05, 0.1) is 22.2 Å². The van der Waals surface area contributed by atoms with E-state index in [0.29, 0.717) is 15.9 Å². The molecule has 0 unspecified atom stereocenters. The SMILES string of the molecule is COc1ccc(S(=O)(=O)N(CC(=O)N(Cc2cccc(Br)c2)[C@@H](Cc2ccccc2)C(=O)NC(C)C)c2ccc(C)cc2)cc1Br. The number of benzene rings is 4. The van der Waals surface area contributed by atoms with Gasteiger partial charge >= 0.3 is 0 Å². The van der Waals surface area contributed by atoms with Crippen molar-refractivity contribution in [3.8, 4) is 5.75 Å². The highest BCUT2D eigenvalue weighted by molar-refractivity contribution is 9.10.